The Morgan fingerprint density at radius 1 is 1.40 bits per heavy atom. The van der Waals surface area contributed by atoms with E-state index in [9.17, 15) is 12.6 Å². The Hall–Kier alpha value is -0.830. The highest BCUT2D eigenvalue weighted by Gasteiger charge is 2.17. The van der Waals surface area contributed by atoms with Gasteiger partial charge < -0.3 is 5.73 Å². The van der Waals surface area contributed by atoms with Gasteiger partial charge in [0.25, 0.3) is 0 Å². The summed E-state index contributed by atoms with van der Waals surface area (Å²) < 4.78 is 37.8. The van der Waals surface area contributed by atoms with Gasteiger partial charge in [-0.25, -0.2) is 13.1 Å². The number of benzene rings is 1. The van der Waals surface area contributed by atoms with E-state index in [1.807, 2.05) is 0 Å². The van der Waals surface area contributed by atoms with Gasteiger partial charge in [0.2, 0.25) is 10.0 Å². The first-order valence-corrected chi connectivity index (χ1v) is 9.52. The van der Waals surface area contributed by atoms with E-state index in [0.717, 1.165) is 5.56 Å². The Morgan fingerprint density at radius 3 is 2.40 bits per heavy atom. The van der Waals surface area contributed by atoms with Gasteiger partial charge in [-0.15, -0.1) is 0 Å². The molecular formula is C12H18N2O3S3. The zero-order valence-electron chi connectivity index (χ0n) is 11.3. The van der Waals surface area contributed by atoms with E-state index < -0.39 is 20.8 Å². The molecule has 2 atom stereocenters. The smallest absolute Gasteiger partial charge is 0.240 e. The fraction of sp³-hybridized carbons (Fsp3) is 0.417. The topological polar surface area (TPSA) is 89.3 Å². The van der Waals surface area contributed by atoms with Crippen LogP contribution in [0, 0.1) is 0 Å². The molecule has 0 radical (unpaired) electrons. The minimum atomic E-state index is -3.60. The van der Waals surface area contributed by atoms with Gasteiger partial charge in [0.1, 0.15) is 0 Å². The summed E-state index contributed by atoms with van der Waals surface area (Å²) in [6, 6.07) is 5.98. The summed E-state index contributed by atoms with van der Waals surface area (Å²) in [5.41, 5.74) is 6.29. The lowest BCUT2D eigenvalue weighted by Gasteiger charge is -2.13. The molecule has 0 saturated carbocycles. The van der Waals surface area contributed by atoms with Gasteiger partial charge in [0, 0.05) is 35.3 Å². The van der Waals surface area contributed by atoms with Crippen molar-refractivity contribution < 1.29 is 12.6 Å². The summed E-state index contributed by atoms with van der Waals surface area (Å²) in [6.07, 6.45) is 1.98. The molecule has 0 aliphatic rings. The monoisotopic (exact) mass is 334 g/mol. The third-order valence-electron chi connectivity index (χ3n) is 2.45. The van der Waals surface area contributed by atoms with Gasteiger partial charge in [-0.1, -0.05) is 24.4 Å². The second-order valence-electron chi connectivity index (χ2n) is 4.55. The molecule has 112 valence electrons. The van der Waals surface area contributed by atoms with E-state index >= 15 is 0 Å². The van der Waals surface area contributed by atoms with Gasteiger partial charge in [0.15, 0.2) is 0 Å². The second-order valence-corrected chi connectivity index (χ2v) is 8.27. The Kier molecular flexibility index (Phi) is 6.25. The molecule has 20 heavy (non-hydrogen) atoms. The number of hydrogen-bond donors (Lipinski definition) is 2. The molecule has 0 spiro atoms. The Morgan fingerprint density at radius 2 is 1.95 bits per heavy atom. The van der Waals surface area contributed by atoms with E-state index in [-0.39, 0.29) is 16.7 Å². The van der Waals surface area contributed by atoms with Crippen LogP contribution in [0.25, 0.3) is 0 Å². The molecule has 2 unspecified atom stereocenters. The lowest BCUT2D eigenvalue weighted by atomic mass is 10.1. The van der Waals surface area contributed by atoms with E-state index in [0.29, 0.717) is 11.4 Å². The van der Waals surface area contributed by atoms with Gasteiger partial charge in [-0.05, 0) is 24.6 Å². The Balaban J connectivity index is 2.82. The molecule has 1 aromatic rings. The highest BCUT2D eigenvalue weighted by Crippen LogP contribution is 2.11. The Labute approximate surface area is 127 Å². The van der Waals surface area contributed by atoms with Crippen molar-refractivity contribution in [1.82, 2.24) is 4.72 Å². The molecule has 0 aromatic heterocycles. The second kappa shape index (κ2) is 7.26. The summed E-state index contributed by atoms with van der Waals surface area (Å²) in [5.74, 6) is 0.277. The maximum Gasteiger partial charge on any atom is 0.240 e. The first kappa shape index (κ1) is 17.2. The summed E-state index contributed by atoms with van der Waals surface area (Å²) >= 11 is 4.80. The van der Waals surface area contributed by atoms with Crippen LogP contribution >= 0.6 is 12.2 Å². The number of hydrogen-bond acceptors (Lipinski definition) is 4. The van der Waals surface area contributed by atoms with Crippen LogP contribution in [0.15, 0.2) is 29.2 Å². The number of nitrogens with one attached hydrogen (secondary N) is 1. The van der Waals surface area contributed by atoms with E-state index in [4.69, 9.17) is 18.0 Å². The van der Waals surface area contributed by atoms with Crippen LogP contribution in [0.4, 0.5) is 0 Å². The average molecular weight is 334 g/mol. The highest BCUT2D eigenvalue weighted by atomic mass is 32.2. The van der Waals surface area contributed by atoms with Gasteiger partial charge in [-0.2, -0.15) is 0 Å². The molecule has 0 fully saturated rings. The number of thiocarbonyl (C=S) groups is 1. The van der Waals surface area contributed by atoms with Crippen molar-refractivity contribution in [3.63, 3.8) is 0 Å². The van der Waals surface area contributed by atoms with Crippen LogP contribution < -0.4 is 10.5 Å². The summed E-state index contributed by atoms with van der Waals surface area (Å²) in [7, 11) is -4.65. The van der Waals surface area contributed by atoms with Crippen LogP contribution in [-0.2, 0) is 27.2 Å². The number of nitrogens with two attached hydrogens (primary N) is 1. The minimum Gasteiger partial charge on any atom is -0.393 e. The van der Waals surface area contributed by atoms with Crippen molar-refractivity contribution in [2.24, 2.45) is 5.73 Å². The van der Waals surface area contributed by atoms with Crippen molar-refractivity contribution >= 4 is 38.0 Å². The molecule has 0 aliphatic heterocycles. The maximum atomic E-state index is 12.1. The van der Waals surface area contributed by atoms with Gasteiger partial charge in [-0.3, -0.25) is 4.21 Å². The molecule has 1 rings (SSSR count). The maximum absolute atomic E-state index is 12.1. The Bertz CT molecular complexity index is 597. The van der Waals surface area contributed by atoms with Gasteiger partial charge >= 0.3 is 0 Å². The fourth-order valence-electron chi connectivity index (χ4n) is 1.71. The summed E-state index contributed by atoms with van der Waals surface area (Å²) in [6.45, 7) is 1.68. The molecule has 0 bridgehead atoms. The predicted molar refractivity (Wildman–Crippen MR) is 85.6 cm³/mol. The van der Waals surface area contributed by atoms with E-state index in [1.54, 1.807) is 19.1 Å². The van der Waals surface area contributed by atoms with Crippen LogP contribution in [0.5, 0.6) is 0 Å². The van der Waals surface area contributed by atoms with E-state index in [2.05, 4.69) is 4.72 Å². The standard InChI is InChI=1S/C12H18N2O3S3/c1-9(8-19(2)15)14-20(16,17)11-5-3-10(4-6-11)7-12(13)18/h3-6,9,14H,7-8H2,1-2H3,(H2,13,18). The largest absolute Gasteiger partial charge is 0.393 e. The minimum absolute atomic E-state index is 0.165. The van der Waals surface area contributed by atoms with Crippen molar-refractivity contribution in [1.29, 1.82) is 0 Å². The zero-order chi connectivity index (χ0) is 15.3. The molecule has 5 nitrogen and oxygen atoms in total. The molecular weight excluding hydrogens is 316 g/mol. The SMILES string of the molecule is CC(CS(C)=O)NS(=O)(=O)c1ccc(CC(N)=S)cc1. The van der Waals surface area contributed by atoms with Crippen molar-refractivity contribution in [2.75, 3.05) is 12.0 Å². The lowest BCUT2D eigenvalue weighted by molar-refractivity contribution is 0.570. The molecule has 0 saturated heterocycles. The van der Waals surface area contributed by atoms with Crippen LogP contribution in [0.3, 0.4) is 0 Å². The van der Waals surface area contributed by atoms with Crippen molar-refractivity contribution in [3.05, 3.63) is 29.8 Å². The third kappa shape index (κ3) is 5.66. The normalized spacial score (nSPS) is 14.7. The van der Waals surface area contributed by atoms with Crippen LogP contribution in [0.1, 0.15) is 12.5 Å². The summed E-state index contributed by atoms with van der Waals surface area (Å²) in [4.78, 5) is 0.524. The highest BCUT2D eigenvalue weighted by molar-refractivity contribution is 7.89. The van der Waals surface area contributed by atoms with Crippen LogP contribution in [0.2, 0.25) is 0 Å². The molecule has 0 heterocycles. The molecule has 1 aromatic carbocycles. The van der Waals surface area contributed by atoms with Crippen LogP contribution in [-0.4, -0.2) is 35.7 Å². The van der Waals surface area contributed by atoms with E-state index in [1.165, 1.54) is 18.4 Å². The molecule has 0 amide bonds. The third-order valence-corrected chi connectivity index (χ3v) is 5.17. The number of sulfonamides is 1. The summed E-state index contributed by atoms with van der Waals surface area (Å²) in [5, 5.41) is 0. The molecule has 3 N–H and O–H groups in total. The average Bonchev–Trinajstić information content (AvgIpc) is 2.26. The quantitative estimate of drug-likeness (QED) is 0.711. The predicted octanol–water partition coefficient (Wildman–Crippen LogP) is 0.560. The van der Waals surface area contributed by atoms with Gasteiger partial charge in [0.05, 0.1) is 9.88 Å². The molecule has 0 aliphatic carbocycles. The molecule has 8 heteroatoms. The first-order chi connectivity index (χ1) is 9.20. The first-order valence-electron chi connectivity index (χ1n) is 5.90. The number of rotatable bonds is 7. The zero-order valence-corrected chi connectivity index (χ0v) is 13.8. The lowest BCUT2D eigenvalue weighted by Crippen LogP contribution is -2.36. The van der Waals surface area contributed by atoms with Crippen molar-refractivity contribution in [2.45, 2.75) is 24.3 Å². The fourth-order valence-corrected chi connectivity index (χ4v) is 4.01. The van der Waals surface area contributed by atoms with Crippen molar-refractivity contribution in [3.8, 4) is 0 Å².